The molecular weight excluding hydrogens is 575 g/mol. The minimum absolute atomic E-state index is 1.24. The van der Waals surface area contributed by atoms with Crippen molar-refractivity contribution in [2.24, 2.45) is 0 Å². The first kappa shape index (κ1) is 34.8. The van der Waals surface area contributed by atoms with Crippen LogP contribution >= 0.6 is 22.6 Å². The van der Waals surface area contributed by atoms with Gasteiger partial charge in [0, 0.05) is 9.13 Å². The predicted molar refractivity (Wildman–Crippen MR) is 180 cm³/mol. The summed E-state index contributed by atoms with van der Waals surface area (Å²) in [5.41, 5.74) is 8.08. The topological polar surface area (TPSA) is 0 Å². The Balaban J connectivity index is 2.52. The molecule has 0 aliphatic rings. The molecule has 0 fully saturated rings. The van der Waals surface area contributed by atoms with Gasteiger partial charge < -0.3 is 0 Å². The van der Waals surface area contributed by atoms with Crippen LogP contribution in [0.5, 0.6) is 0 Å². The van der Waals surface area contributed by atoms with Crippen LogP contribution in [0.15, 0.2) is 12.1 Å². The maximum absolute atomic E-state index is 3.61. The van der Waals surface area contributed by atoms with E-state index in [1.165, 1.54) is 150 Å². The highest BCUT2D eigenvalue weighted by Gasteiger charge is 2.11. The smallest absolute Gasteiger partial charge is 0.127 e. The summed E-state index contributed by atoms with van der Waals surface area (Å²) in [5, 5.41) is 0. The van der Waals surface area contributed by atoms with Crippen LogP contribution in [0.4, 0.5) is 0 Å². The van der Waals surface area contributed by atoms with Gasteiger partial charge in [-0.1, -0.05) is 155 Å². The summed E-state index contributed by atoms with van der Waals surface area (Å²) in [4.78, 5) is 0. The van der Waals surface area contributed by atoms with Crippen LogP contribution in [0.25, 0.3) is 0 Å². The molecule has 0 amide bonds. The molecule has 0 aliphatic heterocycles. The lowest BCUT2D eigenvalue weighted by Crippen LogP contribution is -2.16. The van der Waals surface area contributed by atoms with E-state index in [-0.39, 0.29) is 0 Å². The molecule has 0 atom stereocenters. The molecule has 0 saturated carbocycles. The Morgan fingerprint density at radius 1 is 0.541 bits per heavy atom. The van der Waals surface area contributed by atoms with E-state index in [9.17, 15) is 0 Å². The van der Waals surface area contributed by atoms with Crippen molar-refractivity contribution < 1.29 is 0 Å². The normalized spacial score (nSPS) is 11.5. The van der Waals surface area contributed by atoms with Gasteiger partial charge in [-0.25, -0.2) is 0 Å². The second-order valence-corrected chi connectivity index (χ2v) is 18.4. The molecule has 0 aliphatic carbocycles. The van der Waals surface area contributed by atoms with Crippen LogP contribution in [0.3, 0.4) is 0 Å². The Morgan fingerprint density at radius 2 is 0.892 bits per heavy atom. The average Bonchev–Trinajstić information content (AvgIpc) is 2.86. The zero-order chi connectivity index (χ0) is 27.2. The Kier molecular flexibility index (Phi) is 21.2. The van der Waals surface area contributed by atoms with Crippen LogP contribution in [0.1, 0.15) is 159 Å². The SMILES string of the molecule is CCCCCCCCCCCCc1cc(I)c(C#C[Si](C)(C)C)cc1CCCCCCCCCCCC. The Hall–Kier alpha value is -0.273. The minimum atomic E-state index is -1.36. The van der Waals surface area contributed by atoms with E-state index in [0.29, 0.717) is 0 Å². The summed E-state index contributed by atoms with van der Waals surface area (Å²) >= 11 is 2.53. The number of hydrogen-bond donors (Lipinski definition) is 0. The lowest BCUT2D eigenvalue weighted by Gasteiger charge is -2.13. The van der Waals surface area contributed by atoms with Gasteiger partial charge in [-0.3, -0.25) is 0 Å². The maximum atomic E-state index is 3.61. The maximum Gasteiger partial charge on any atom is 0.129 e. The molecule has 1 aromatic rings. The van der Waals surface area contributed by atoms with Gasteiger partial charge in [-0.15, -0.1) is 5.54 Å². The van der Waals surface area contributed by atoms with E-state index in [4.69, 9.17) is 0 Å². The fraction of sp³-hybridized carbons (Fsp3) is 0.771. The molecule has 0 unspecified atom stereocenters. The van der Waals surface area contributed by atoms with E-state index in [1.54, 1.807) is 11.1 Å². The van der Waals surface area contributed by atoms with Gasteiger partial charge in [0.05, 0.1) is 0 Å². The van der Waals surface area contributed by atoms with Crippen molar-refractivity contribution in [3.05, 3.63) is 32.4 Å². The van der Waals surface area contributed by atoms with E-state index in [2.05, 4.69) is 79.7 Å². The molecule has 1 aromatic carbocycles. The van der Waals surface area contributed by atoms with E-state index in [1.807, 2.05) is 0 Å². The molecule has 1 rings (SSSR count). The average molecular weight is 637 g/mol. The molecule has 0 radical (unpaired) electrons. The standard InChI is InChI=1S/C35H61ISi/c1-6-8-10-12-14-16-18-20-22-24-26-32-30-34(28-29-37(3,4)5)35(36)31-33(32)27-25-23-21-19-17-15-13-11-9-7-2/h30-31H,6-27H2,1-5H3. The van der Waals surface area contributed by atoms with Crippen molar-refractivity contribution >= 4 is 30.7 Å². The molecule has 37 heavy (non-hydrogen) atoms. The summed E-state index contributed by atoms with van der Waals surface area (Å²) in [6.45, 7) is 11.6. The van der Waals surface area contributed by atoms with Gasteiger partial charge in [0.15, 0.2) is 0 Å². The van der Waals surface area contributed by atoms with Gasteiger partial charge in [0.2, 0.25) is 0 Å². The number of rotatable bonds is 22. The lowest BCUT2D eigenvalue weighted by molar-refractivity contribution is 0.553. The summed E-state index contributed by atoms with van der Waals surface area (Å²) in [6.07, 6.45) is 30.7. The number of aryl methyl sites for hydroxylation is 2. The highest BCUT2D eigenvalue weighted by atomic mass is 127. The first-order valence-electron chi connectivity index (χ1n) is 16.2. The lowest BCUT2D eigenvalue weighted by atomic mass is 9.94. The van der Waals surface area contributed by atoms with Gasteiger partial charge in [-0.05, 0) is 71.5 Å². The van der Waals surface area contributed by atoms with Crippen molar-refractivity contribution in [1.82, 2.24) is 0 Å². The third-order valence-electron chi connectivity index (χ3n) is 7.46. The van der Waals surface area contributed by atoms with E-state index >= 15 is 0 Å². The van der Waals surface area contributed by atoms with Crippen molar-refractivity contribution in [1.29, 1.82) is 0 Å². The van der Waals surface area contributed by atoms with Gasteiger partial charge >= 0.3 is 0 Å². The Labute approximate surface area is 248 Å². The summed E-state index contributed by atoms with van der Waals surface area (Å²) in [6, 6.07) is 4.95. The molecule has 0 N–H and O–H groups in total. The van der Waals surface area contributed by atoms with Crippen molar-refractivity contribution in [3.8, 4) is 11.5 Å². The molecule has 0 saturated heterocycles. The van der Waals surface area contributed by atoms with Gasteiger partial charge in [0.25, 0.3) is 0 Å². The van der Waals surface area contributed by atoms with Crippen LogP contribution in [-0.4, -0.2) is 8.07 Å². The summed E-state index contributed by atoms with van der Waals surface area (Å²) in [7, 11) is -1.36. The molecule has 0 aromatic heterocycles. The second kappa shape index (κ2) is 22.5. The molecule has 0 heterocycles. The Morgan fingerprint density at radius 3 is 1.27 bits per heavy atom. The largest absolute Gasteiger partial charge is 0.129 e. The first-order chi connectivity index (χ1) is 17.9. The van der Waals surface area contributed by atoms with E-state index < -0.39 is 8.07 Å². The quantitative estimate of drug-likeness (QED) is 0.0514. The molecule has 0 spiro atoms. The molecule has 0 nitrogen and oxygen atoms in total. The third-order valence-corrected chi connectivity index (χ3v) is 9.23. The molecule has 212 valence electrons. The predicted octanol–water partition coefficient (Wildman–Crippen LogP) is 12.4. The summed E-state index contributed by atoms with van der Waals surface area (Å²) < 4.78 is 1.36. The monoisotopic (exact) mass is 636 g/mol. The van der Waals surface area contributed by atoms with Crippen molar-refractivity contribution in [3.63, 3.8) is 0 Å². The number of unbranched alkanes of at least 4 members (excludes halogenated alkanes) is 18. The molecule has 2 heteroatoms. The Bertz CT molecular complexity index is 749. The highest BCUT2D eigenvalue weighted by Crippen LogP contribution is 2.24. The van der Waals surface area contributed by atoms with E-state index in [0.717, 1.165) is 0 Å². The number of hydrogen-bond acceptors (Lipinski definition) is 0. The van der Waals surface area contributed by atoms with Crippen LogP contribution in [-0.2, 0) is 12.8 Å². The van der Waals surface area contributed by atoms with Gasteiger partial charge in [-0.2, -0.15) is 0 Å². The third kappa shape index (κ3) is 19.4. The van der Waals surface area contributed by atoms with Crippen molar-refractivity contribution in [2.45, 2.75) is 175 Å². The van der Waals surface area contributed by atoms with Gasteiger partial charge in [0.1, 0.15) is 8.07 Å². The van der Waals surface area contributed by atoms with Crippen molar-refractivity contribution in [2.75, 3.05) is 0 Å². The fourth-order valence-electron chi connectivity index (χ4n) is 5.08. The number of halogens is 1. The summed E-state index contributed by atoms with van der Waals surface area (Å²) in [5.74, 6) is 3.57. The minimum Gasteiger partial charge on any atom is -0.127 e. The van der Waals surface area contributed by atoms with Crippen LogP contribution in [0.2, 0.25) is 19.6 Å². The van der Waals surface area contributed by atoms with Crippen LogP contribution < -0.4 is 0 Å². The number of benzene rings is 1. The highest BCUT2D eigenvalue weighted by molar-refractivity contribution is 14.1. The molecular formula is C35H61ISi. The van der Waals surface area contributed by atoms with Crippen LogP contribution in [0, 0.1) is 15.0 Å². The molecule has 0 bridgehead atoms. The first-order valence-corrected chi connectivity index (χ1v) is 20.8. The fourth-order valence-corrected chi connectivity index (χ4v) is 6.26. The zero-order valence-corrected chi connectivity index (χ0v) is 28.7. The zero-order valence-electron chi connectivity index (χ0n) is 25.6. The second-order valence-electron chi connectivity index (χ2n) is 12.5.